The number of piperidine rings is 1. The monoisotopic (exact) mass is 397 g/mol. The first kappa shape index (κ1) is 18.5. The second-order valence-corrected chi connectivity index (χ2v) is 7.64. The summed E-state index contributed by atoms with van der Waals surface area (Å²) in [7, 11) is 0. The highest BCUT2D eigenvalue weighted by Crippen LogP contribution is 2.37. The lowest BCUT2D eigenvalue weighted by atomic mass is 9.93. The van der Waals surface area contributed by atoms with Gasteiger partial charge < -0.3 is 10.6 Å². The van der Waals surface area contributed by atoms with Gasteiger partial charge in [-0.25, -0.2) is 19.3 Å². The predicted molar refractivity (Wildman–Crippen MR) is 106 cm³/mol. The molecule has 0 unspecified atom stereocenters. The first-order valence-electron chi connectivity index (χ1n) is 9.14. The molecule has 6 nitrogen and oxygen atoms in total. The van der Waals surface area contributed by atoms with Crippen LogP contribution in [0.2, 0.25) is 0 Å². The van der Waals surface area contributed by atoms with E-state index in [1.807, 2.05) is 11.8 Å². The summed E-state index contributed by atoms with van der Waals surface area (Å²) in [5.74, 6) is -0.312. The molecule has 2 aromatic heterocycles. The van der Waals surface area contributed by atoms with Gasteiger partial charge in [-0.3, -0.25) is 4.79 Å². The number of hydrogen-bond donors (Lipinski definition) is 1. The molecular formula is C20H20FN5OS. The van der Waals surface area contributed by atoms with Gasteiger partial charge in [-0.05, 0) is 32.3 Å². The number of likely N-dealkylation sites (tertiary alicyclic amines) is 1. The Kier molecular flexibility index (Phi) is 5.04. The van der Waals surface area contributed by atoms with Crippen LogP contribution in [0.5, 0.6) is 0 Å². The minimum Gasteiger partial charge on any atom is -0.368 e. The molecule has 0 radical (unpaired) electrons. The predicted octanol–water partition coefficient (Wildman–Crippen LogP) is 4.00. The van der Waals surface area contributed by atoms with E-state index in [-0.39, 0.29) is 23.7 Å². The van der Waals surface area contributed by atoms with Gasteiger partial charge >= 0.3 is 0 Å². The van der Waals surface area contributed by atoms with E-state index in [1.165, 1.54) is 17.4 Å². The van der Waals surface area contributed by atoms with Crippen molar-refractivity contribution in [1.82, 2.24) is 19.9 Å². The number of nitrogens with two attached hydrogens (primary N) is 1. The summed E-state index contributed by atoms with van der Waals surface area (Å²) in [6, 6.07) is 6.21. The minimum atomic E-state index is -0.357. The van der Waals surface area contributed by atoms with Crippen LogP contribution in [0, 0.1) is 12.7 Å². The third-order valence-electron chi connectivity index (χ3n) is 5.02. The van der Waals surface area contributed by atoms with E-state index in [4.69, 9.17) is 5.73 Å². The minimum absolute atomic E-state index is 0.0682. The van der Waals surface area contributed by atoms with Crippen molar-refractivity contribution in [2.75, 3.05) is 12.3 Å². The van der Waals surface area contributed by atoms with Crippen molar-refractivity contribution < 1.29 is 9.18 Å². The second-order valence-electron chi connectivity index (χ2n) is 6.78. The SMILES string of the molecule is Cc1ncsc1C(=O)N1CCCC[C@@H]1c1nc(N)ncc1-c1ccccc1F. The van der Waals surface area contributed by atoms with Crippen molar-refractivity contribution in [2.24, 2.45) is 0 Å². The first-order valence-corrected chi connectivity index (χ1v) is 10.0. The maximum atomic E-state index is 14.5. The van der Waals surface area contributed by atoms with E-state index in [2.05, 4.69) is 15.0 Å². The van der Waals surface area contributed by atoms with E-state index in [0.717, 1.165) is 25.0 Å². The van der Waals surface area contributed by atoms with E-state index in [1.54, 1.807) is 29.9 Å². The summed E-state index contributed by atoms with van der Waals surface area (Å²) in [5, 5.41) is 0. The molecule has 0 aliphatic carbocycles. The van der Waals surface area contributed by atoms with E-state index < -0.39 is 0 Å². The number of carbonyl (C=O) groups excluding carboxylic acids is 1. The average Bonchev–Trinajstić information content (AvgIpc) is 3.14. The fraction of sp³-hybridized carbons (Fsp3) is 0.300. The van der Waals surface area contributed by atoms with Crippen LogP contribution in [0.1, 0.15) is 46.4 Å². The lowest BCUT2D eigenvalue weighted by Gasteiger charge is -2.36. The smallest absolute Gasteiger partial charge is 0.266 e. The van der Waals surface area contributed by atoms with Crippen LogP contribution < -0.4 is 5.73 Å². The van der Waals surface area contributed by atoms with Gasteiger partial charge in [-0.15, -0.1) is 11.3 Å². The highest BCUT2D eigenvalue weighted by atomic mass is 32.1. The quantitative estimate of drug-likeness (QED) is 0.722. The molecule has 0 bridgehead atoms. The number of benzene rings is 1. The molecule has 2 N–H and O–H groups in total. The Morgan fingerprint density at radius 1 is 1.25 bits per heavy atom. The van der Waals surface area contributed by atoms with Crippen molar-refractivity contribution in [3.63, 3.8) is 0 Å². The number of amides is 1. The van der Waals surface area contributed by atoms with E-state index >= 15 is 0 Å². The van der Waals surface area contributed by atoms with Crippen LogP contribution in [-0.4, -0.2) is 32.3 Å². The van der Waals surface area contributed by atoms with Crippen LogP contribution in [-0.2, 0) is 0 Å². The standard InChI is InChI=1S/C20H20FN5OS/c1-12-18(28-11-24-12)19(27)26-9-5-4-8-16(26)17-14(10-23-20(22)25-17)13-6-2-3-7-15(13)21/h2-3,6-7,10-11,16H,4-5,8-9H2,1H3,(H2,22,23,25)/t16-/m1/s1. The van der Waals surface area contributed by atoms with Crippen molar-refractivity contribution in [1.29, 1.82) is 0 Å². The lowest BCUT2D eigenvalue weighted by Crippen LogP contribution is -2.39. The normalized spacial score (nSPS) is 16.9. The second kappa shape index (κ2) is 7.63. The van der Waals surface area contributed by atoms with Crippen molar-refractivity contribution in [3.05, 3.63) is 58.1 Å². The molecule has 8 heteroatoms. The molecule has 1 aromatic carbocycles. The van der Waals surface area contributed by atoms with Crippen LogP contribution in [0.15, 0.2) is 36.0 Å². The summed E-state index contributed by atoms with van der Waals surface area (Å²) in [4.78, 5) is 28.4. The maximum Gasteiger partial charge on any atom is 0.266 e. The number of nitrogens with zero attached hydrogens (tertiary/aromatic N) is 4. The number of nitrogen functional groups attached to an aromatic ring is 1. The van der Waals surface area contributed by atoms with Gasteiger partial charge in [0, 0.05) is 23.9 Å². The molecule has 1 aliphatic heterocycles. The number of thiazole rings is 1. The number of carbonyl (C=O) groups is 1. The fourth-order valence-electron chi connectivity index (χ4n) is 3.65. The van der Waals surface area contributed by atoms with Gasteiger partial charge in [0.2, 0.25) is 5.95 Å². The maximum absolute atomic E-state index is 14.5. The molecule has 0 spiro atoms. The van der Waals surface area contributed by atoms with Gasteiger partial charge in [0.15, 0.2) is 0 Å². The molecule has 144 valence electrons. The molecule has 4 rings (SSSR count). The summed E-state index contributed by atoms with van der Waals surface area (Å²) in [5.41, 5.74) is 9.82. The molecule has 1 saturated heterocycles. The third-order valence-corrected chi connectivity index (χ3v) is 5.94. The molecule has 0 saturated carbocycles. The number of hydrogen-bond acceptors (Lipinski definition) is 6. The number of rotatable bonds is 3. The molecule has 1 aliphatic rings. The van der Waals surface area contributed by atoms with Crippen LogP contribution in [0.4, 0.5) is 10.3 Å². The average molecular weight is 397 g/mol. The van der Waals surface area contributed by atoms with Gasteiger partial charge in [-0.2, -0.15) is 0 Å². The zero-order valence-corrected chi connectivity index (χ0v) is 16.2. The topological polar surface area (TPSA) is 85.0 Å². The Balaban J connectivity index is 1.80. The van der Waals surface area contributed by atoms with Gasteiger partial charge in [-0.1, -0.05) is 18.2 Å². The zero-order chi connectivity index (χ0) is 19.7. The molecule has 3 aromatic rings. The summed E-state index contributed by atoms with van der Waals surface area (Å²) in [6.07, 6.45) is 4.15. The number of anilines is 1. The Bertz CT molecular complexity index is 1020. The molecular weight excluding hydrogens is 377 g/mol. The number of aromatic nitrogens is 3. The number of aryl methyl sites for hydroxylation is 1. The fourth-order valence-corrected chi connectivity index (χ4v) is 4.40. The summed E-state index contributed by atoms with van der Waals surface area (Å²) >= 11 is 1.33. The Hall–Kier alpha value is -2.87. The van der Waals surface area contributed by atoms with Crippen molar-refractivity contribution in [2.45, 2.75) is 32.2 Å². The summed E-state index contributed by atoms with van der Waals surface area (Å²) in [6.45, 7) is 2.44. The van der Waals surface area contributed by atoms with Gasteiger partial charge in [0.05, 0.1) is 22.9 Å². The van der Waals surface area contributed by atoms with Crippen LogP contribution in [0.3, 0.4) is 0 Å². The molecule has 28 heavy (non-hydrogen) atoms. The largest absolute Gasteiger partial charge is 0.368 e. The van der Waals surface area contributed by atoms with E-state index in [0.29, 0.717) is 28.2 Å². The van der Waals surface area contributed by atoms with Crippen molar-refractivity contribution >= 4 is 23.2 Å². The van der Waals surface area contributed by atoms with Crippen molar-refractivity contribution in [3.8, 4) is 11.1 Å². The Labute approximate surface area is 166 Å². The van der Waals surface area contributed by atoms with E-state index in [9.17, 15) is 9.18 Å². The molecule has 3 heterocycles. The zero-order valence-electron chi connectivity index (χ0n) is 15.4. The molecule has 1 fully saturated rings. The third kappa shape index (κ3) is 3.35. The van der Waals surface area contributed by atoms with Gasteiger partial charge in [0.25, 0.3) is 5.91 Å². The molecule has 1 amide bonds. The van der Waals surface area contributed by atoms with Crippen LogP contribution in [0.25, 0.3) is 11.1 Å². The summed E-state index contributed by atoms with van der Waals surface area (Å²) < 4.78 is 14.5. The highest BCUT2D eigenvalue weighted by molar-refractivity contribution is 7.11. The highest BCUT2D eigenvalue weighted by Gasteiger charge is 2.33. The number of halogens is 1. The van der Waals surface area contributed by atoms with Gasteiger partial charge in [0.1, 0.15) is 10.7 Å². The molecule has 1 atom stereocenters. The first-order chi connectivity index (χ1) is 13.6. The lowest BCUT2D eigenvalue weighted by molar-refractivity contribution is 0.0611. The van der Waals surface area contributed by atoms with Crippen LogP contribution >= 0.6 is 11.3 Å². The Morgan fingerprint density at radius 3 is 2.82 bits per heavy atom. The Morgan fingerprint density at radius 2 is 2.07 bits per heavy atom.